The van der Waals surface area contributed by atoms with E-state index >= 15 is 0 Å². The summed E-state index contributed by atoms with van der Waals surface area (Å²) in [4.78, 5) is 11.7. The molecule has 0 radical (unpaired) electrons. The van der Waals surface area contributed by atoms with Gasteiger partial charge in [-0.25, -0.2) is 13.6 Å². The predicted octanol–water partition coefficient (Wildman–Crippen LogP) is 1.17. The van der Waals surface area contributed by atoms with Crippen molar-refractivity contribution >= 4 is 31.9 Å². The predicted molar refractivity (Wildman–Crippen MR) is 73.8 cm³/mol. The molecule has 5 nitrogen and oxygen atoms in total. The minimum absolute atomic E-state index is 0.132. The van der Waals surface area contributed by atoms with Crippen LogP contribution >= 0.6 is 15.9 Å². The molecule has 0 bridgehead atoms. The Morgan fingerprint density at radius 2 is 2.11 bits per heavy atom. The van der Waals surface area contributed by atoms with Crippen molar-refractivity contribution in [3.8, 4) is 0 Å². The normalized spacial score (nSPS) is 11.3. The van der Waals surface area contributed by atoms with E-state index in [2.05, 4.69) is 21.2 Å². The van der Waals surface area contributed by atoms with E-state index in [1.54, 1.807) is 18.2 Å². The Morgan fingerprint density at radius 1 is 1.44 bits per heavy atom. The van der Waals surface area contributed by atoms with Crippen LogP contribution < -0.4 is 10.5 Å². The minimum atomic E-state index is -3.46. The maximum absolute atomic E-state index is 11.7. The molecule has 3 N–H and O–H groups in total. The summed E-state index contributed by atoms with van der Waals surface area (Å²) in [6.45, 7) is 2.17. The lowest BCUT2D eigenvalue weighted by molar-refractivity contribution is 0.0953. The third-order valence-electron chi connectivity index (χ3n) is 2.31. The number of carbonyl (C=O) groups excluding carboxylic acids is 1. The van der Waals surface area contributed by atoms with Gasteiger partial charge in [0.1, 0.15) is 0 Å². The summed E-state index contributed by atoms with van der Waals surface area (Å²) in [6, 6.07) is 5.26. The Hall–Kier alpha value is -0.920. The van der Waals surface area contributed by atoms with Gasteiger partial charge in [0.2, 0.25) is 10.0 Å². The van der Waals surface area contributed by atoms with Gasteiger partial charge in [0.05, 0.1) is 5.75 Å². The van der Waals surface area contributed by atoms with E-state index in [0.29, 0.717) is 12.0 Å². The molecule has 0 spiro atoms. The summed E-state index contributed by atoms with van der Waals surface area (Å²) in [5.74, 6) is -0.355. The SMILES string of the molecule is Cc1cc(C(=O)NCCCS(N)(=O)=O)ccc1Br. The van der Waals surface area contributed by atoms with Crippen molar-refractivity contribution < 1.29 is 13.2 Å². The van der Waals surface area contributed by atoms with Gasteiger partial charge in [-0.15, -0.1) is 0 Å². The molecule has 18 heavy (non-hydrogen) atoms. The Labute approximate surface area is 115 Å². The van der Waals surface area contributed by atoms with E-state index in [4.69, 9.17) is 5.14 Å². The number of sulfonamides is 1. The highest BCUT2D eigenvalue weighted by Gasteiger charge is 2.07. The summed E-state index contributed by atoms with van der Waals surface area (Å²) < 4.78 is 22.3. The molecule has 1 amide bonds. The summed E-state index contributed by atoms with van der Waals surface area (Å²) in [5.41, 5.74) is 1.51. The maximum atomic E-state index is 11.7. The summed E-state index contributed by atoms with van der Waals surface area (Å²) in [7, 11) is -3.46. The van der Waals surface area contributed by atoms with Crippen LogP contribution in [0.4, 0.5) is 0 Å². The summed E-state index contributed by atoms with van der Waals surface area (Å²) in [6.07, 6.45) is 0.306. The fourth-order valence-corrected chi connectivity index (χ4v) is 2.16. The third-order valence-corrected chi connectivity index (χ3v) is 4.06. The molecule has 1 rings (SSSR count). The molecule has 1 aromatic carbocycles. The van der Waals surface area contributed by atoms with E-state index in [-0.39, 0.29) is 18.2 Å². The Bertz CT molecular complexity index is 543. The zero-order valence-corrected chi connectivity index (χ0v) is 12.3. The maximum Gasteiger partial charge on any atom is 0.251 e. The van der Waals surface area contributed by atoms with E-state index in [0.717, 1.165) is 10.0 Å². The van der Waals surface area contributed by atoms with Crippen molar-refractivity contribution in [3.05, 3.63) is 33.8 Å². The molecule has 0 aliphatic carbocycles. The number of nitrogens with one attached hydrogen (secondary N) is 1. The first-order valence-electron chi connectivity index (χ1n) is 5.34. The van der Waals surface area contributed by atoms with Crippen LogP contribution in [0.5, 0.6) is 0 Å². The van der Waals surface area contributed by atoms with Gasteiger partial charge in [-0.05, 0) is 37.1 Å². The standard InChI is InChI=1S/C11H15BrN2O3S/c1-8-7-9(3-4-10(8)12)11(15)14-5-2-6-18(13,16)17/h3-4,7H,2,5-6H2,1H3,(H,14,15)(H2,13,16,17). The van der Waals surface area contributed by atoms with Crippen LogP contribution in [-0.4, -0.2) is 26.6 Å². The van der Waals surface area contributed by atoms with Gasteiger partial charge in [-0.3, -0.25) is 4.79 Å². The number of hydrogen-bond acceptors (Lipinski definition) is 3. The molecule has 0 aliphatic rings. The monoisotopic (exact) mass is 334 g/mol. The van der Waals surface area contributed by atoms with Gasteiger partial charge < -0.3 is 5.32 Å². The van der Waals surface area contributed by atoms with Crippen LogP contribution in [0.1, 0.15) is 22.3 Å². The number of amides is 1. The number of halogens is 1. The molecule has 0 saturated carbocycles. The van der Waals surface area contributed by atoms with Gasteiger partial charge in [0.25, 0.3) is 5.91 Å². The minimum Gasteiger partial charge on any atom is -0.352 e. The molecule has 0 unspecified atom stereocenters. The van der Waals surface area contributed by atoms with Gasteiger partial charge in [-0.1, -0.05) is 15.9 Å². The van der Waals surface area contributed by atoms with Gasteiger partial charge in [0.15, 0.2) is 0 Å². The highest BCUT2D eigenvalue weighted by atomic mass is 79.9. The van der Waals surface area contributed by atoms with Crippen molar-refractivity contribution in [2.75, 3.05) is 12.3 Å². The summed E-state index contributed by atoms with van der Waals surface area (Å²) >= 11 is 3.35. The van der Waals surface area contributed by atoms with E-state index in [1.165, 1.54) is 0 Å². The molecule has 7 heteroatoms. The zero-order chi connectivity index (χ0) is 13.8. The van der Waals surface area contributed by atoms with Crippen molar-refractivity contribution in [3.63, 3.8) is 0 Å². The van der Waals surface area contributed by atoms with Crippen LogP contribution in [0.25, 0.3) is 0 Å². The first-order valence-corrected chi connectivity index (χ1v) is 7.85. The molecule has 1 aromatic rings. The van der Waals surface area contributed by atoms with E-state index in [1.807, 2.05) is 6.92 Å². The van der Waals surface area contributed by atoms with Gasteiger partial charge in [-0.2, -0.15) is 0 Å². The Kier molecular flexibility index (Phi) is 5.30. The molecule has 0 saturated heterocycles. The highest BCUT2D eigenvalue weighted by molar-refractivity contribution is 9.10. The van der Waals surface area contributed by atoms with Crippen LogP contribution in [0.2, 0.25) is 0 Å². The average molecular weight is 335 g/mol. The van der Waals surface area contributed by atoms with Crippen molar-refractivity contribution in [1.29, 1.82) is 0 Å². The van der Waals surface area contributed by atoms with Crippen molar-refractivity contribution in [1.82, 2.24) is 5.32 Å². The van der Waals surface area contributed by atoms with Crippen molar-refractivity contribution in [2.45, 2.75) is 13.3 Å². The van der Waals surface area contributed by atoms with Gasteiger partial charge in [0, 0.05) is 16.6 Å². The average Bonchev–Trinajstić information content (AvgIpc) is 2.26. The van der Waals surface area contributed by atoms with E-state index < -0.39 is 10.0 Å². The molecular weight excluding hydrogens is 320 g/mol. The fourth-order valence-electron chi connectivity index (χ4n) is 1.36. The second-order valence-corrected chi connectivity index (χ2v) is 6.53. The zero-order valence-electron chi connectivity index (χ0n) is 9.94. The number of hydrogen-bond donors (Lipinski definition) is 2. The Balaban J connectivity index is 2.48. The first-order chi connectivity index (χ1) is 8.29. The molecule has 100 valence electrons. The summed E-state index contributed by atoms with van der Waals surface area (Å²) in [5, 5.41) is 7.50. The largest absolute Gasteiger partial charge is 0.352 e. The Morgan fingerprint density at radius 3 is 2.67 bits per heavy atom. The number of rotatable bonds is 5. The molecule has 0 fully saturated rings. The lowest BCUT2D eigenvalue weighted by Crippen LogP contribution is -2.27. The van der Waals surface area contributed by atoms with Crippen LogP contribution in [0.3, 0.4) is 0 Å². The van der Waals surface area contributed by atoms with Crippen molar-refractivity contribution in [2.24, 2.45) is 5.14 Å². The van der Waals surface area contributed by atoms with E-state index in [9.17, 15) is 13.2 Å². The molecular formula is C11H15BrN2O3S. The lowest BCUT2D eigenvalue weighted by atomic mass is 10.1. The quantitative estimate of drug-likeness (QED) is 0.792. The molecule has 0 heterocycles. The fraction of sp³-hybridized carbons (Fsp3) is 0.364. The second kappa shape index (κ2) is 6.31. The highest BCUT2D eigenvalue weighted by Crippen LogP contribution is 2.16. The number of benzene rings is 1. The molecule has 0 aromatic heterocycles. The van der Waals surface area contributed by atoms with Crippen LogP contribution in [0, 0.1) is 6.92 Å². The lowest BCUT2D eigenvalue weighted by Gasteiger charge is -2.06. The first kappa shape index (κ1) is 15.1. The number of aryl methyl sites for hydroxylation is 1. The number of primary sulfonamides is 1. The number of nitrogens with two attached hydrogens (primary N) is 1. The topological polar surface area (TPSA) is 89.3 Å². The van der Waals surface area contributed by atoms with Gasteiger partial charge >= 0.3 is 0 Å². The third kappa shape index (κ3) is 5.16. The molecule has 0 aliphatic heterocycles. The van der Waals surface area contributed by atoms with Crippen LogP contribution in [-0.2, 0) is 10.0 Å². The van der Waals surface area contributed by atoms with Crippen LogP contribution in [0.15, 0.2) is 22.7 Å². The second-order valence-electron chi connectivity index (χ2n) is 3.94. The smallest absolute Gasteiger partial charge is 0.251 e. The number of carbonyl (C=O) groups is 1. The molecule has 0 atom stereocenters.